The Morgan fingerprint density at radius 2 is 2.39 bits per heavy atom. The fourth-order valence-corrected chi connectivity index (χ4v) is 1.91. The Balaban J connectivity index is 2.33. The molecule has 0 aromatic carbocycles. The van der Waals surface area contributed by atoms with Crippen LogP contribution in [0.25, 0.3) is 0 Å². The Labute approximate surface area is 101 Å². The molecule has 3 atom stereocenters. The van der Waals surface area contributed by atoms with Crippen molar-refractivity contribution in [3.8, 4) is 0 Å². The van der Waals surface area contributed by atoms with E-state index in [1.54, 1.807) is 0 Å². The Bertz CT molecular complexity index is 567. The number of aliphatic imine (C=N–C) groups is 1. The maximum absolute atomic E-state index is 13.1. The molecule has 1 fully saturated rings. The number of ether oxygens (including phenoxy) is 1. The fraction of sp³-hybridized carbons (Fsp3) is 0.500. The molecule has 2 heterocycles. The highest BCUT2D eigenvalue weighted by Crippen LogP contribution is 2.23. The van der Waals surface area contributed by atoms with Crippen LogP contribution in [0.2, 0.25) is 0 Å². The molecule has 98 valence electrons. The topological polar surface area (TPSA) is 96.7 Å². The number of halogens is 1. The molecule has 8 heteroatoms. The molecule has 0 radical (unpaired) electrons. The largest absolute Gasteiger partial charge is 0.388 e. The van der Waals surface area contributed by atoms with Gasteiger partial charge in [0.25, 0.3) is 5.56 Å². The molecule has 1 aliphatic rings. The van der Waals surface area contributed by atoms with Gasteiger partial charge in [-0.3, -0.25) is 19.3 Å². The van der Waals surface area contributed by atoms with Crippen molar-refractivity contribution >= 4 is 6.72 Å². The van der Waals surface area contributed by atoms with E-state index in [0.717, 1.165) is 10.8 Å². The van der Waals surface area contributed by atoms with Crippen LogP contribution in [-0.2, 0) is 4.74 Å². The average Bonchev–Trinajstić information content (AvgIpc) is 2.67. The Kier molecular flexibility index (Phi) is 3.39. The number of hydrogen-bond donors (Lipinski definition) is 2. The van der Waals surface area contributed by atoms with Crippen LogP contribution in [-0.4, -0.2) is 46.7 Å². The lowest BCUT2D eigenvalue weighted by Gasteiger charge is -2.17. The van der Waals surface area contributed by atoms with Gasteiger partial charge in [0.2, 0.25) is 5.82 Å². The highest BCUT2D eigenvalue weighted by atomic mass is 19.1. The van der Waals surface area contributed by atoms with Gasteiger partial charge < -0.3 is 9.84 Å². The van der Waals surface area contributed by atoms with E-state index in [-0.39, 0.29) is 13.2 Å². The van der Waals surface area contributed by atoms with Gasteiger partial charge in [-0.2, -0.15) is 4.39 Å². The summed E-state index contributed by atoms with van der Waals surface area (Å²) >= 11 is 0. The molecule has 0 spiro atoms. The van der Waals surface area contributed by atoms with Crippen LogP contribution < -0.4 is 11.2 Å². The summed E-state index contributed by atoms with van der Waals surface area (Å²) in [5.74, 6) is -1.09. The van der Waals surface area contributed by atoms with E-state index in [9.17, 15) is 19.1 Å². The van der Waals surface area contributed by atoms with Crippen LogP contribution in [0.3, 0.4) is 0 Å². The van der Waals surface area contributed by atoms with Crippen molar-refractivity contribution in [1.82, 2.24) is 9.55 Å². The SMILES string of the molecule is C=NCC1OCC(n2cc(F)c(=O)[nH]c2=O)C1O. The minimum atomic E-state index is -1.09. The first-order valence-electron chi connectivity index (χ1n) is 5.27. The highest BCUT2D eigenvalue weighted by molar-refractivity contribution is 5.23. The number of hydrogen-bond acceptors (Lipinski definition) is 5. The number of nitrogens with one attached hydrogen (secondary N) is 1. The van der Waals surface area contributed by atoms with Crippen LogP contribution in [0.5, 0.6) is 0 Å². The molecule has 2 N–H and O–H groups in total. The maximum Gasteiger partial charge on any atom is 0.328 e. The summed E-state index contributed by atoms with van der Waals surface area (Å²) in [6, 6.07) is -0.754. The van der Waals surface area contributed by atoms with E-state index in [4.69, 9.17) is 4.74 Å². The molecule has 3 unspecified atom stereocenters. The van der Waals surface area contributed by atoms with Crippen LogP contribution in [0.4, 0.5) is 4.39 Å². The highest BCUT2D eigenvalue weighted by Gasteiger charge is 2.37. The van der Waals surface area contributed by atoms with Crippen LogP contribution >= 0.6 is 0 Å². The molecule has 2 rings (SSSR count). The van der Waals surface area contributed by atoms with Gasteiger partial charge >= 0.3 is 5.69 Å². The van der Waals surface area contributed by atoms with Crippen molar-refractivity contribution in [2.75, 3.05) is 13.2 Å². The maximum atomic E-state index is 13.1. The molecule has 18 heavy (non-hydrogen) atoms. The Morgan fingerprint density at radius 3 is 3.06 bits per heavy atom. The van der Waals surface area contributed by atoms with Gasteiger partial charge in [0.1, 0.15) is 12.2 Å². The summed E-state index contributed by atoms with van der Waals surface area (Å²) in [6.07, 6.45) is -0.838. The fourth-order valence-electron chi connectivity index (χ4n) is 1.91. The van der Waals surface area contributed by atoms with Gasteiger partial charge in [0.15, 0.2) is 0 Å². The summed E-state index contributed by atoms with van der Waals surface area (Å²) in [4.78, 5) is 27.8. The van der Waals surface area contributed by atoms with E-state index in [2.05, 4.69) is 11.7 Å². The lowest BCUT2D eigenvalue weighted by atomic mass is 10.1. The van der Waals surface area contributed by atoms with Gasteiger partial charge in [-0.15, -0.1) is 0 Å². The normalized spacial score (nSPS) is 27.3. The second-order valence-corrected chi connectivity index (χ2v) is 3.98. The number of rotatable bonds is 3. The number of aliphatic hydroxyl groups excluding tert-OH is 1. The third-order valence-corrected chi connectivity index (χ3v) is 2.85. The molecule has 0 saturated carbocycles. The van der Waals surface area contributed by atoms with Gasteiger partial charge in [0.05, 0.1) is 25.4 Å². The summed E-state index contributed by atoms with van der Waals surface area (Å²) in [5.41, 5.74) is -1.88. The number of aromatic amines is 1. The quantitative estimate of drug-likeness (QED) is 0.656. The second-order valence-electron chi connectivity index (χ2n) is 3.98. The molecule has 1 aromatic heterocycles. The summed E-state index contributed by atoms with van der Waals surface area (Å²) in [5, 5.41) is 9.93. The number of aromatic nitrogens is 2. The molecule has 0 bridgehead atoms. The monoisotopic (exact) mass is 257 g/mol. The van der Waals surface area contributed by atoms with E-state index < -0.39 is 35.3 Å². The standard InChI is InChI=1S/C10H12FN3O4/c1-12-2-7-8(15)6(4-18-7)14-3-5(11)9(16)13-10(14)17/h3,6-8,15H,1-2,4H2,(H,13,16,17). The second kappa shape index (κ2) is 4.83. The first-order chi connectivity index (χ1) is 8.54. The van der Waals surface area contributed by atoms with E-state index in [0.29, 0.717) is 0 Å². The molecule has 0 amide bonds. The molecule has 7 nitrogen and oxygen atoms in total. The first kappa shape index (κ1) is 12.7. The summed E-state index contributed by atoms with van der Waals surface area (Å²) < 4.78 is 19.3. The zero-order valence-corrected chi connectivity index (χ0v) is 9.38. The van der Waals surface area contributed by atoms with Crippen molar-refractivity contribution in [2.45, 2.75) is 18.2 Å². The first-order valence-corrected chi connectivity index (χ1v) is 5.27. The predicted molar refractivity (Wildman–Crippen MR) is 60.5 cm³/mol. The zero-order valence-electron chi connectivity index (χ0n) is 9.38. The minimum Gasteiger partial charge on any atom is -0.388 e. The lowest BCUT2D eigenvalue weighted by molar-refractivity contribution is 0.0458. The van der Waals surface area contributed by atoms with E-state index in [1.807, 2.05) is 4.98 Å². The predicted octanol–water partition coefficient (Wildman–Crippen LogP) is -1.32. The van der Waals surface area contributed by atoms with Crippen molar-refractivity contribution < 1.29 is 14.2 Å². The zero-order chi connectivity index (χ0) is 13.3. The number of aliphatic hydroxyl groups is 1. The third-order valence-electron chi connectivity index (χ3n) is 2.85. The smallest absolute Gasteiger partial charge is 0.328 e. The molecular weight excluding hydrogens is 245 g/mol. The Morgan fingerprint density at radius 1 is 1.67 bits per heavy atom. The third kappa shape index (κ3) is 2.12. The molecule has 0 aliphatic carbocycles. The van der Waals surface area contributed by atoms with E-state index in [1.165, 1.54) is 0 Å². The summed E-state index contributed by atoms with van der Waals surface area (Å²) in [7, 11) is 0. The van der Waals surface area contributed by atoms with Crippen molar-refractivity contribution in [1.29, 1.82) is 0 Å². The summed E-state index contributed by atoms with van der Waals surface area (Å²) in [6.45, 7) is 3.50. The Hall–Kier alpha value is -1.80. The van der Waals surface area contributed by atoms with Gasteiger partial charge in [-0.1, -0.05) is 0 Å². The van der Waals surface area contributed by atoms with Crippen LogP contribution in [0, 0.1) is 5.82 Å². The molecule has 1 saturated heterocycles. The average molecular weight is 257 g/mol. The van der Waals surface area contributed by atoms with Gasteiger partial charge in [0, 0.05) is 0 Å². The van der Waals surface area contributed by atoms with Crippen molar-refractivity contribution in [3.05, 3.63) is 32.9 Å². The minimum absolute atomic E-state index is 0.0345. The van der Waals surface area contributed by atoms with Crippen LogP contribution in [0.1, 0.15) is 6.04 Å². The number of H-pyrrole nitrogens is 1. The van der Waals surface area contributed by atoms with E-state index >= 15 is 0 Å². The van der Waals surface area contributed by atoms with Crippen molar-refractivity contribution in [3.63, 3.8) is 0 Å². The van der Waals surface area contributed by atoms with Gasteiger partial charge in [-0.25, -0.2) is 4.79 Å². The van der Waals surface area contributed by atoms with Gasteiger partial charge in [-0.05, 0) is 6.72 Å². The molecule has 1 aromatic rings. The number of nitrogens with zero attached hydrogens (tertiary/aromatic N) is 2. The molecular formula is C10H12FN3O4. The molecule has 1 aliphatic heterocycles. The lowest BCUT2D eigenvalue weighted by Crippen LogP contribution is -2.39. The van der Waals surface area contributed by atoms with Crippen LogP contribution in [0.15, 0.2) is 20.8 Å². The van der Waals surface area contributed by atoms with Crippen molar-refractivity contribution in [2.24, 2.45) is 4.99 Å².